The van der Waals surface area contributed by atoms with Gasteiger partial charge in [0.25, 0.3) is 10.1 Å². The van der Waals surface area contributed by atoms with Crippen LogP contribution in [0.15, 0.2) is 0 Å². The number of hydrogen-bond donors (Lipinski definition) is 1. The first-order chi connectivity index (χ1) is 7.62. The van der Waals surface area contributed by atoms with Crippen molar-refractivity contribution >= 4 is 16.2 Å². The van der Waals surface area contributed by atoms with E-state index in [2.05, 4.69) is 4.18 Å². The molecule has 0 aromatic carbocycles. The second-order valence-electron chi connectivity index (χ2n) is 5.09. The highest BCUT2D eigenvalue weighted by atomic mass is 32.2. The third kappa shape index (κ3) is 4.16. The fourth-order valence-corrected chi connectivity index (χ4v) is 2.68. The first kappa shape index (κ1) is 14.2. The molecular formula is C10H19NO5S. The highest BCUT2D eigenvalue weighted by Gasteiger charge is 2.40. The molecule has 0 aliphatic carbocycles. The van der Waals surface area contributed by atoms with Crippen LogP contribution in [0.3, 0.4) is 0 Å². The Labute approximate surface area is 102 Å². The lowest BCUT2D eigenvalue weighted by Gasteiger charge is -2.28. The molecule has 100 valence electrons. The molecule has 0 saturated carbocycles. The second kappa shape index (κ2) is 4.81. The summed E-state index contributed by atoms with van der Waals surface area (Å²) in [5, 5.41) is 9.02. The molecule has 6 nitrogen and oxygen atoms in total. The normalized spacial score (nSPS) is 23.9. The summed E-state index contributed by atoms with van der Waals surface area (Å²) in [5.41, 5.74) is -0.387. The molecule has 7 heteroatoms. The molecule has 0 bridgehead atoms. The molecule has 1 aliphatic heterocycles. The number of carboxylic acid groups (broad SMARTS) is 1. The van der Waals surface area contributed by atoms with Gasteiger partial charge in [-0.25, -0.2) is 4.79 Å². The molecule has 17 heavy (non-hydrogen) atoms. The Kier molecular flexibility index (Phi) is 4.03. The fraction of sp³-hybridized carbons (Fsp3) is 0.900. The van der Waals surface area contributed by atoms with Gasteiger partial charge in [-0.2, -0.15) is 8.42 Å². The summed E-state index contributed by atoms with van der Waals surface area (Å²) in [6, 6.07) is 0. The zero-order valence-electron chi connectivity index (χ0n) is 10.3. The Balaban J connectivity index is 2.47. The number of nitrogens with zero attached hydrogens (tertiary/aromatic N) is 1. The number of rotatable bonds is 4. The predicted octanol–water partition coefficient (Wildman–Crippen LogP) is 1.13. The Bertz CT molecular complexity index is 390. The molecule has 1 rings (SSSR count). The number of hydrogen-bond acceptors (Lipinski definition) is 4. The summed E-state index contributed by atoms with van der Waals surface area (Å²) in [4.78, 5) is 12.4. The molecule has 0 aromatic heterocycles. The van der Waals surface area contributed by atoms with Crippen molar-refractivity contribution in [1.29, 1.82) is 0 Å². The van der Waals surface area contributed by atoms with Crippen molar-refractivity contribution in [1.82, 2.24) is 4.90 Å². The second-order valence-corrected chi connectivity index (χ2v) is 6.73. The van der Waals surface area contributed by atoms with Crippen molar-refractivity contribution in [2.45, 2.75) is 32.2 Å². The van der Waals surface area contributed by atoms with Gasteiger partial charge in [0.05, 0.1) is 12.9 Å². The summed E-state index contributed by atoms with van der Waals surface area (Å²) >= 11 is 0. The number of carbonyl (C=O) groups is 1. The van der Waals surface area contributed by atoms with Crippen molar-refractivity contribution in [3.8, 4) is 0 Å². The smallest absolute Gasteiger partial charge is 0.407 e. The molecule has 0 radical (unpaired) electrons. The van der Waals surface area contributed by atoms with Crippen LogP contribution < -0.4 is 0 Å². The number of likely N-dealkylation sites (tertiary alicyclic amines) is 1. The van der Waals surface area contributed by atoms with Crippen molar-refractivity contribution < 1.29 is 22.5 Å². The van der Waals surface area contributed by atoms with Gasteiger partial charge in [-0.1, -0.05) is 0 Å². The van der Waals surface area contributed by atoms with E-state index in [1.165, 1.54) is 4.90 Å². The first-order valence-electron chi connectivity index (χ1n) is 5.47. The van der Waals surface area contributed by atoms with Gasteiger partial charge in [0.2, 0.25) is 0 Å². The Morgan fingerprint density at radius 3 is 2.53 bits per heavy atom. The lowest BCUT2D eigenvalue weighted by atomic mass is 9.95. The molecule has 1 N–H and O–H groups in total. The van der Waals surface area contributed by atoms with Crippen molar-refractivity contribution in [2.24, 2.45) is 5.92 Å². The lowest BCUT2D eigenvalue weighted by molar-refractivity contribution is 0.116. The Hall–Kier alpha value is -0.820. The SMILES string of the molecule is CC1(C)C[C@@H](CCOS(C)(=O)=O)CN1C(=O)O. The Morgan fingerprint density at radius 2 is 2.12 bits per heavy atom. The minimum atomic E-state index is -3.40. The zero-order chi connectivity index (χ0) is 13.3. The van der Waals surface area contributed by atoms with Crippen LogP contribution in [0.5, 0.6) is 0 Å². The van der Waals surface area contributed by atoms with E-state index in [0.717, 1.165) is 12.7 Å². The van der Waals surface area contributed by atoms with Crippen LogP contribution in [0.4, 0.5) is 4.79 Å². The van der Waals surface area contributed by atoms with E-state index in [1.807, 2.05) is 13.8 Å². The maximum atomic E-state index is 11.0. The van der Waals surface area contributed by atoms with Crippen LogP contribution >= 0.6 is 0 Å². The molecular weight excluding hydrogens is 246 g/mol. The van der Waals surface area contributed by atoms with E-state index in [-0.39, 0.29) is 18.1 Å². The van der Waals surface area contributed by atoms with Gasteiger partial charge < -0.3 is 10.0 Å². The summed E-state index contributed by atoms with van der Waals surface area (Å²) in [7, 11) is -3.40. The van der Waals surface area contributed by atoms with Crippen LogP contribution in [0.2, 0.25) is 0 Å². The van der Waals surface area contributed by atoms with E-state index in [9.17, 15) is 13.2 Å². The fourth-order valence-electron chi connectivity index (χ4n) is 2.28. The standard InChI is InChI=1S/C10H19NO5S/c1-10(2)6-8(7-11(10)9(12)13)4-5-16-17(3,14)15/h8H,4-7H2,1-3H3,(H,12,13)/t8-/m1/s1. The van der Waals surface area contributed by atoms with Crippen molar-refractivity contribution in [3.63, 3.8) is 0 Å². The molecule has 1 fully saturated rings. The summed E-state index contributed by atoms with van der Waals surface area (Å²) in [5.74, 6) is 0.155. The molecule has 1 amide bonds. The quantitative estimate of drug-likeness (QED) is 0.770. The monoisotopic (exact) mass is 265 g/mol. The maximum absolute atomic E-state index is 11.0. The highest BCUT2D eigenvalue weighted by Crippen LogP contribution is 2.34. The van der Waals surface area contributed by atoms with Gasteiger partial charge >= 0.3 is 6.09 Å². The lowest BCUT2D eigenvalue weighted by Crippen LogP contribution is -2.41. The molecule has 0 spiro atoms. The molecule has 1 heterocycles. The van der Waals surface area contributed by atoms with E-state index < -0.39 is 16.2 Å². The summed E-state index contributed by atoms with van der Waals surface area (Å²) in [6.45, 7) is 4.31. The van der Waals surface area contributed by atoms with Crippen LogP contribution in [0.25, 0.3) is 0 Å². The average Bonchev–Trinajstić information content (AvgIpc) is 2.38. The van der Waals surface area contributed by atoms with Gasteiger partial charge in [0.15, 0.2) is 0 Å². The topological polar surface area (TPSA) is 83.9 Å². The van der Waals surface area contributed by atoms with Crippen LogP contribution in [0, 0.1) is 5.92 Å². The largest absolute Gasteiger partial charge is 0.465 e. The van der Waals surface area contributed by atoms with Crippen LogP contribution in [-0.4, -0.2) is 49.5 Å². The molecule has 1 atom stereocenters. The first-order valence-corrected chi connectivity index (χ1v) is 7.28. The molecule has 0 aromatic rings. The number of amides is 1. The third-order valence-corrected chi connectivity index (χ3v) is 3.61. The van der Waals surface area contributed by atoms with Gasteiger partial charge in [0.1, 0.15) is 0 Å². The van der Waals surface area contributed by atoms with E-state index in [4.69, 9.17) is 5.11 Å². The van der Waals surface area contributed by atoms with Crippen molar-refractivity contribution in [3.05, 3.63) is 0 Å². The summed E-state index contributed by atoms with van der Waals surface area (Å²) < 4.78 is 26.2. The molecule has 1 saturated heterocycles. The molecule has 1 aliphatic rings. The average molecular weight is 265 g/mol. The predicted molar refractivity (Wildman–Crippen MR) is 62.3 cm³/mol. The van der Waals surface area contributed by atoms with E-state index in [0.29, 0.717) is 13.0 Å². The zero-order valence-corrected chi connectivity index (χ0v) is 11.2. The van der Waals surface area contributed by atoms with Gasteiger partial charge in [-0.15, -0.1) is 0 Å². The van der Waals surface area contributed by atoms with Gasteiger partial charge in [0, 0.05) is 12.1 Å². The van der Waals surface area contributed by atoms with Crippen LogP contribution in [0.1, 0.15) is 26.7 Å². The highest BCUT2D eigenvalue weighted by molar-refractivity contribution is 7.85. The maximum Gasteiger partial charge on any atom is 0.407 e. The van der Waals surface area contributed by atoms with Crippen LogP contribution in [-0.2, 0) is 14.3 Å². The summed E-state index contributed by atoms with van der Waals surface area (Å²) in [6.07, 6.45) is 1.36. The van der Waals surface area contributed by atoms with Crippen molar-refractivity contribution in [2.75, 3.05) is 19.4 Å². The minimum Gasteiger partial charge on any atom is -0.465 e. The van der Waals surface area contributed by atoms with E-state index >= 15 is 0 Å². The minimum absolute atomic E-state index is 0.118. The van der Waals surface area contributed by atoms with Gasteiger partial charge in [-0.05, 0) is 32.6 Å². The Morgan fingerprint density at radius 1 is 1.53 bits per heavy atom. The van der Waals surface area contributed by atoms with E-state index in [1.54, 1.807) is 0 Å². The van der Waals surface area contributed by atoms with Gasteiger partial charge in [-0.3, -0.25) is 4.18 Å². The molecule has 0 unspecified atom stereocenters. The third-order valence-electron chi connectivity index (χ3n) is 3.01.